The quantitative estimate of drug-likeness (QED) is 0.832. The Morgan fingerprint density at radius 3 is 2.62 bits per heavy atom. The van der Waals surface area contributed by atoms with E-state index in [9.17, 15) is 9.59 Å². The SMILES string of the molecule is Cc1ncc(C(=O)NCc2ccc(/C=C/C(=O)O)cc2)s1. The zero-order valence-corrected chi connectivity index (χ0v) is 12.2. The molecule has 5 nitrogen and oxygen atoms in total. The number of amides is 1. The molecule has 2 N–H and O–H groups in total. The molecule has 2 rings (SSSR count). The van der Waals surface area contributed by atoms with Crippen molar-refractivity contribution in [1.29, 1.82) is 0 Å². The van der Waals surface area contributed by atoms with Gasteiger partial charge in [-0.2, -0.15) is 0 Å². The molecule has 0 atom stereocenters. The Balaban J connectivity index is 1.92. The summed E-state index contributed by atoms with van der Waals surface area (Å²) >= 11 is 1.35. The summed E-state index contributed by atoms with van der Waals surface area (Å²) in [5, 5.41) is 12.2. The normalized spacial score (nSPS) is 10.7. The third kappa shape index (κ3) is 4.54. The first-order chi connectivity index (χ1) is 10.0. The van der Waals surface area contributed by atoms with Gasteiger partial charge in [-0.3, -0.25) is 4.79 Å². The van der Waals surface area contributed by atoms with Gasteiger partial charge in [0.2, 0.25) is 0 Å². The lowest BCUT2D eigenvalue weighted by molar-refractivity contribution is -0.131. The van der Waals surface area contributed by atoms with Crippen molar-refractivity contribution in [3.8, 4) is 0 Å². The molecule has 0 unspecified atom stereocenters. The summed E-state index contributed by atoms with van der Waals surface area (Å²) < 4.78 is 0. The molecule has 0 saturated heterocycles. The molecule has 0 radical (unpaired) electrons. The highest BCUT2D eigenvalue weighted by Crippen LogP contribution is 2.11. The Kier molecular flexibility index (Phi) is 4.84. The maximum absolute atomic E-state index is 11.9. The van der Waals surface area contributed by atoms with E-state index in [0.717, 1.165) is 22.2 Å². The number of thiazole rings is 1. The minimum absolute atomic E-state index is 0.143. The van der Waals surface area contributed by atoms with Gasteiger partial charge in [-0.05, 0) is 24.1 Å². The maximum Gasteiger partial charge on any atom is 0.328 e. The molecule has 0 aliphatic heterocycles. The summed E-state index contributed by atoms with van der Waals surface area (Å²) in [4.78, 5) is 26.9. The number of nitrogens with zero attached hydrogens (tertiary/aromatic N) is 1. The lowest BCUT2D eigenvalue weighted by Crippen LogP contribution is -2.21. The number of carbonyl (C=O) groups excluding carboxylic acids is 1. The molecule has 1 aromatic heterocycles. The van der Waals surface area contributed by atoms with Gasteiger partial charge in [0, 0.05) is 12.6 Å². The minimum atomic E-state index is -0.980. The zero-order valence-electron chi connectivity index (χ0n) is 11.4. The van der Waals surface area contributed by atoms with Gasteiger partial charge < -0.3 is 10.4 Å². The first-order valence-electron chi connectivity index (χ1n) is 6.25. The van der Waals surface area contributed by atoms with Crippen molar-refractivity contribution in [2.75, 3.05) is 0 Å². The molecular weight excluding hydrogens is 288 g/mol. The lowest BCUT2D eigenvalue weighted by Gasteiger charge is -2.04. The van der Waals surface area contributed by atoms with Gasteiger partial charge >= 0.3 is 5.97 Å². The monoisotopic (exact) mass is 302 g/mol. The van der Waals surface area contributed by atoms with Gasteiger partial charge in [-0.1, -0.05) is 24.3 Å². The number of benzene rings is 1. The summed E-state index contributed by atoms with van der Waals surface area (Å²) in [6.07, 6.45) is 4.17. The Hall–Kier alpha value is -2.47. The highest BCUT2D eigenvalue weighted by molar-refractivity contribution is 7.13. The van der Waals surface area contributed by atoms with Crippen LogP contribution in [0.2, 0.25) is 0 Å². The Bertz CT molecular complexity index is 674. The molecule has 108 valence electrons. The molecule has 6 heteroatoms. The number of aryl methyl sites for hydroxylation is 1. The number of hydrogen-bond acceptors (Lipinski definition) is 4. The van der Waals surface area contributed by atoms with Crippen molar-refractivity contribution in [3.05, 3.63) is 57.6 Å². The summed E-state index contributed by atoms with van der Waals surface area (Å²) in [6.45, 7) is 2.27. The van der Waals surface area contributed by atoms with E-state index in [1.807, 2.05) is 19.1 Å². The van der Waals surface area contributed by atoms with Crippen molar-refractivity contribution in [1.82, 2.24) is 10.3 Å². The standard InChI is InChI=1S/C15H14N2O3S/c1-10-16-9-13(21-10)15(20)17-8-12-4-2-11(3-5-12)6-7-14(18)19/h2-7,9H,8H2,1H3,(H,17,20)(H,18,19)/b7-6+. The second-order valence-corrected chi connectivity index (χ2v) is 5.57. The van der Waals surface area contributed by atoms with Crippen LogP contribution in [-0.4, -0.2) is 22.0 Å². The highest BCUT2D eigenvalue weighted by Gasteiger charge is 2.08. The van der Waals surface area contributed by atoms with Crippen molar-refractivity contribution in [3.63, 3.8) is 0 Å². The molecule has 1 aromatic carbocycles. The van der Waals surface area contributed by atoms with Gasteiger partial charge in [0.15, 0.2) is 0 Å². The van der Waals surface area contributed by atoms with Gasteiger partial charge in [-0.15, -0.1) is 11.3 Å². The third-order valence-electron chi connectivity index (χ3n) is 2.70. The first kappa shape index (κ1) is 14.9. The molecule has 0 aliphatic carbocycles. The largest absolute Gasteiger partial charge is 0.478 e. The summed E-state index contributed by atoms with van der Waals surface area (Å²) in [7, 11) is 0. The Morgan fingerprint density at radius 2 is 2.05 bits per heavy atom. The number of aliphatic carboxylic acids is 1. The fourth-order valence-electron chi connectivity index (χ4n) is 1.65. The molecule has 0 aliphatic rings. The average molecular weight is 302 g/mol. The van der Waals surface area contributed by atoms with Crippen LogP contribution in [0.15, 0.2) is 36.5 Å². The van der Waals surface area contributed by atoms with Gasteiger partial charge in [0.05, 0.1) is 11.2 Å². The van der Waals surface area contributed by atoms with E-state index in [1.165, 1.54) is 17.4 Å². The van der Waals surface area contributed by atoms with Crippen LogP contribution in [0, 0.1) is 6.92 Å². The fraction of sp³-hybridized carbons (Fsp3) is 0.133. The van der Waals surface area contributed by atoms with E-state index in [1.54, 1.807) is 18.3 Å². The molecule has 0 bridgehead atoms. The van der Waals surface area contributed by atoms with Crippen LogP contribution >= 0.6 is 11.3 Å². The van der Waals surface area contributed by atoms with E-state index < -0.39 is 5.97 Å². The van der Waals surface area contributed by atoms with Crippen LogP contribution in [0.3, 0.4) is 0 Å². The third-order valence-corrected chi connectivity index (χ3v) is 3.61. The summed E-state index contributed by atoms with van der Waals surface area (Å²) in [6, 6.07) is 7.30. The van der Waals surface area contributed by atoms with E-state index in [4.69, 9.17) is 5.11 Å². The number of nitrogens with one attached hydrogen (secondary N) is 1. The second kappa shape index (κ2) is 6.81. The fourth-order valence-corrected chi connectivity index (χ4v) is 2.34. The first-order valence-corrected chi connectivity index (χ1v) is 7.07. The predicted octanol–water partition coefficient (Wildman–Crippen LogP) is 2.48. The van der Waals surface area contributed by atoms with Crippen LogP contribution in [0.4, 0.5) is 0 Å². The number of hydrogen-bond donors (Lipinski definition) is 2. The molecule has 0 spiro atoms. The summed E-state index contributed by atoms with van der Waals surface area (Å²) in [5.41, 5.74) is 1.74. The topological polar surface area (TPSA) is 79.3 Å². The highest BCUT2D eigenvalue weighted by atomic mass is 32.1. The molecule has 0 fully saturated rings. The van der Waals surface area contributed by atoms with Gasteiger partial charge in [-0.25, -0.2) is 9.78 Å². The van der Waals surface area contributed by atoms with Crippen LogP contribution < -0.4 is 5.32 Å². The van der Waals surface area contributed by atoms with Gasteiger partial charge in [0.1, 0.15) is 4.88 Å². The van der Waals surface area contributed by atoms with E-state index in [-0.39, 0.29) is 5.91 Å². The molecule has 1 amide bonds. The Labute approximate surface area is 126 Å². The van der Waals surface area contributed by atoms with Crippen molar-refractivity contribution >= 4 is 29.3 Å². The maximum atomic E-state index is 11.9. The number of carboxylic acid groups (broad SMARTS) is 1. The second-order valence-electron chi connectivity index (χ2n) is 4.34. The molecular formula is C15H14N2O3S. The molecule has 0 saturated carbocycles. The molecule has 21 heavy (non-hydrogen) atoms. The smallest absolute Gasteiger partial charge is 0.328 e. The predicted molar refractivity (Wildman–Crippen MR) is 81.1 cm³/mol. The van der Waals surface area contributed by atoms with Crippen LogP contribution in [0.5, 0.6) is 0 Å². The van der Waals surface area contributed by atoms with Crippen LogP contribution in [-0.2, 0) is 11.3 Å². The number of carbonyl (C=O) groups is 2. The molecule has 2 aromatic rings. The summed E-state index contributed by atoms with van der Waals surface area (Å²) in [5.74, 6) is -1.12. The van der Waals surface area contributed by atoms with E-state index in [0.29, 0.717) is 11.4 Å². The molecule has 1 heterocycles. The number of aromatic nitrogens is 1. The zero-order chi connectivity index (χ0) is 15.2. The minimum Gasteiger partial charge on any atom is -0.478 e. The lowest BCUT2D eigenvalue weighted by atomic mass is 10.1. The van der Waals surface area contributed by atoms with Crippen molar-refractivity contribution in [2.24, 2.45) is 0 Å². The van der Waals surface area contributed by atoms with Crippen LogP contribution in [0.1, 0.15) is 25.8 Å². The van der Waals surface area contributed by atoms with E-state index in [2.05, 4.69) is 10.3 Å². The number of carboxylic acids is 1. The van der Waals surface area contributed by atoms with Crippen LogP contribution in [0.25, 0.3) is 6.08 Å². The van der Waals surface area contributed by atoms with E-state index >= 15 is 0 Å². The Morgan fingerprint density at radius 1 is 1.33 bits per heavy atom. The van der Waals surface area contributed by atoms with Crippen molar-refractivity contribution in [2.45, 2.75) is 13.5 Å². The number of rotatable bonds is 5. The van der Waals surface area contributed by atoms with Gasteiger partial charge in [0.25, 0.3) is 5.91 Å². The van der Waals surface area contributed by atoms with Crippen molar-refractivity contribution < 1.29 is 14.7 Å². The average Bonchev–Trinajstić information content (AvgIpc) is 2.90.